The van der Waals surface area contributed by atoms with Crippen molar-refractivity contribution in [3.8, 4) is 5.75 Å². The highest BCUT2D eigenvalue weighted by Gasteiger charge is 2.31. The Balaban J connectivity index is 1.19. The van der Waals surface area contributed by atoms with E-state index in [-0.39, 0.29) is 23.8 Å². The number of carbonyl (C=O) groups is 2. The second kappa shape index (κ2) is 16.1. The van der Waals surface area contributed by atoms with Crippen molar-refractivity contribution in [3.63, 3.8) is 0 Å². The summed E-state index contributed by atoms with van der Waals surface area (Å²) in [6.07, 6.45) is 6.67. The molecule has 4 aromatic carbocycles. The van der Waals surface area contributed by atoms with E-state index in [0.29, 0.717) is 31.5 Å². The van der Waals surface area contributed by atoms with Crippen LogP contribution >= 0.6 is 0 Å². The first-order valence-corrected chi connectivity index (χ1v) is 18.0. The normalized spacial score (nSPS) is 14.6. The first kappa shape index (κ1) is 35.5. The standard InChI is InChI=1S/C45H49N3O3/c1-31-12-11-13-32(2)39(31)19-21-44(49)46-42(29-36-14-7-6-8-15-36)33(3)30-47(25-23-37-18-20-43-38(28-37)24-27-51-43)34(4)22-26-48-35(5)40-16-9-10-17-41(40)45(48)50/h6-21,28,33,42H,4-5,22-27,29-30H2,1-3H3,(H,46,49)/b21-19+/t33?,42-/m0/s1. The minimum atomic E-state index is -0.121. The average Bonchev–Trinajstić information content (AvgIpc) is 3.70. The summed E-state index contributed by atoms with van der Waals surface area (Å²) in [5.41, 5.74) is 10.3. The van der Waals surface area contributed by atoms with Crippen LogP contribution in [0, 0.1) is 19.8 Å². The molecule has 2 aliphatic rings. The van der Waals surface area contributed by atoms with Crippen LogP contribution in [0.15, 0.2) is 116 Å². The second-order valence-corrected chi connectivity index (χ2v) is 13.9. The van der Waals surface area contributed by atoms with Gasteiger partial charge in [0, 0.05) is 67.1 Å². The molecule has 6 nitrogen and oxygen atoms in total. The Hall–Kier alpha value is -5.36. The molecule has 0 fully saturated rings. The fourth-order valence-corrected chi connectivity index (χ4v) is 7.23. The predicted molar refractivity (Wildman–Crippen MR) is 207 cm³/mol. The van der Waals surface area contributed by atoms with E-state index in [1.807, 2.05) is 54.6 Å². The second-order valence-electron chi connectivity index (χ2n) is 13.9. The summed E-state index contributed by atoms with van der Waals surface area (Å²) in [4.78, 5) is 30.9. The average molecular weight is 680 g/mol. The number of aryl methyl sites for hydroxylation is 2. The fourth-order valence-electron chi connectivity index (χ4n) is 7.23. The third-order valence-corrected chi connectivity index (χ3v) is 10.3. The lowest BCUT2D eigenvalue weighted by Crippen LogP contribution is -2.45. The van der Waals surface area contributed by atoms with Gasteiger partial charge in [-0.3, -0.25) is 9.59 Å². The number of carbonyl (C=O) groups excluding carboxylic acids is 2. The number of nitrogens with zero attached hydrogens (tertiary/aromatic N) is 2. The number of ether oxygens (including phenoxy) is 1. The van der Waals surface area contributed by atoms with E-state index in [4.69, 9.17) is 4.74 Å². The first-order valence-electron chi connectivity index (χ1n) is 18.0. The summed E-state index contributed by atoms with van der Waals surface area (Å²) >= 11 is 0. The quantitative estimate of drug-likeness (QED) is 0.129. The van der Waals surface area contributed by atoms with E-state index in [2.05, 4.69) is 86.6 Å². The van der Waals surface area contributed by atoms with Gasteiger partial charge in [-0.25, -0.2) is 0 Å². The van der Waals surface area contributed by atoms with Crippen molar-refractivity contribution in [2.24, 2.45) is 5.92 Å². The molecule has 0 saturated carbocycles. The maximum absolute atomic E-state index is 13.5. The predicted octanol–water partition coefficient (Wildman–Crippen LogP) is 8.19. The fraction of sp³-hybridized carbons (Fsp3) is 0.289. The van der Waals surface area contributed by atoms with E-state index in [1.165, 1.54) is 16.7 Å². The van der Waals surface area contributed by atoms with Gasteiger partial charge in [-0.05, 0) is 84.2 Å². The van der Waals surface area contributed by atoms with Gasteiger partial charge in [0.05, 0.1) is 6.61 Å². The molecule has 0 aliphatic carbocycles. The lowest BCUT2D eigenvalue weighted by atomic mass is 9.93. The highest BCUT2D eigenvalue weighted by atomic mass is 16.5. The van der Waals surface area contributed by atoms with E-state index < -0.39 is 0 Å². The largest absolute Gasteiger partial charge is 0.493 e. The molecule has 0 bridgehead atoms. The maximum atomic E-state index is 13.5. The van der Waals surface area contributed by atoms with Crippen LogP contribution in [0.25, 0.3) is 11.8 Å². The van der Waals surface area contributed by atoms with Gasteiger partial charge in [0.15, 0.2) is 0 Å². The third-order valence-electron chi connectivity index (χ3n) is 10.3. The van der Waals surface area contributed by atoms with Crippen LogP contribution in [0.2, 0.25) is 0 Å². The zero-order valence-corrected chi connectivity index (χ0v) is 30.2. The van der Waals surface area contributed by atoms with Crippen molar-refractivity contribution < 1.29 is 14.3 Å². The number of hydrogen-bond donors (Lipinski definition) is 1. The molecular weight excluding hydrogens is 631 g/mol. The smallest absolute Gasteiger partial charge is 0.258 e. The number of rotatable bonds is 15. The van der Waals surface area contributed by atoms with Gasteiger partial charge in [0.25, 0.3) is 5.91 Å². The molecule has 6 heteroatoms. The molecule has 0 spiro atoms. The molecule has 2 aliphatic heterocycles. The summed E-state index contributed by atoms with van der Waals surface area (Å²) in [6.45, 7) is 17.8. The van der Waals surface area contributed by atoms with Crippen LogP contribution in [0.1, 0.15) is 62.6 Å². The Kier molecular flexibility index (Phi) is 11.2. The Labute approximate surface area is 303 Å². The zero-order valence-electron chi connectivity index (χ0n) is 30.2. The third kappa shape index (κ3) is 8.51. The Morgan fingerprint density at radius 1 is 0.961 bits per heavy atom. The number of fused-ring (bicyclic) bond motifs is 2. The molecule has 1 unspecified atom stereocenters. The molecule has 4 aromatic rings. The van der Waals surface area contributed by atoms with Crippen molar-refractivity contribution in [1.82, 2.24) is 15.1 Å². The molecule has 2 heterocycles. The number of amides is 2. The lowest BCUT2D eigenvalue weighted by Gasteiger charge is -2.34. The molecule has 6 rings (SSSR count). The van der Waals surface area contributed by atoms with Crippen LogP contribution in [0.3, 0.4) is 0 Å². The molecule has 2 atom stereocenters. The highest BCUT2D eigenvalue weighted by molar-refractivity contribution is 6.08. The Morgan fingerprint density at radius 3 is 2.43 bits per heavy atom. The van der Waals surface area contributed by atoms with Crippen molar-refractivity contribution in [3.05, 3.63) is 160 Å². The van der Waals surface area contributed by atoms with Crippen LogP contribution in [0.4, 0.5) is 0 Å². The van der Waals surface area contributed by atoms with E-state index in [0.717, 1.165) is 65.4 Å². The topological polar surface area (TPSA) is 61.9 Å². The minimum absolute atomic E-state index is 0.0109. The van der Waals surface area contributed by atoms with Gasteiger partial charge in [0.1, 0.15) is 5.75 Å². The highest BCUT2D eigenvalue weighted by Crippen LogP contribution is 2.32. The van der Waals surface area contributed by atoms with Crippen molar-refractivity contribution in [2.45, 2.75) is 52.5 Å². The molecule has 0 aromatic heterocycles. The van der Waals surface area contributed by atoms with Gasteiger partial charge >= 0.3 is 0 Å². The lowest BCUT2D eigenvalue weighted by molar-refractivity contribution is -0.117. The minimum Gasteiger partial charge on any atom is -0.493 e. The van der Waals surface area contributed by atoms with Gasteiger partial charge in [-0.2, -0.15) is 0 Å². The van der Waals surface area contributed by atoms with Crippen LogP contribution in [-0.4, -0.2) is 53.9 Å². The van der Waals surface area contributed by atoms with E-state index >= 15 is 0 Å². The SMILES string of the molecule is C=C(CCN1C(=C)c2ccccc2C1=O)N(CCc1ccc2c(c1)CCO2)CC(C)[C@H](Cc1ccccc1)NC(=O)/C=C/c1c(C)cccc1C. The monoisotopic (exact) mass is 679 g/mol. The maximum Gasteiger partial charge on any atom is 0.258 e. The molecule has 262 valence electrons. The first-order chi connectivity index (χ1) is 24.7. The van der Waals surface area contributed by atoms with E-state index in [9.17, 15) is 9.59 Å². The number of benzene rings is 4. The van der Waals surface area contributed by atoms with E-state index in [1.54, 1.807) is 11.0 Å². The number of hydrogen-bond acceptors (Lipinski definition) is 4. The molecule has 0 saturated heterocycles. The number of nitrogens with one attached hydrogen (secondary N) is 1. The Bertz CT molecular complexity index is 1890. The van der Waals surface area contributed by atoms with Crippen molar-refractivity contribution in [1.29, 1.82) is 0 Å². The summed E-state index contributed by atoms with van der Waals surface area (Å²) < 4.78 is 5.75. The van der Waals surface area contributed by atoms with Crippen molar-refractivity contribution >= 4 is 23.6 Å². The molecule has 51 heavy (non-hydrogen) atoms. The molecule has 2 amide bonds. The summed E-state index contributed by atoms with van der Waals surface area (Å²) in [5, 5.41) is 3.36. The molecule has 0 radical (unpaired) electrons. The summed E-state index contributed by atoms with van der Waals surface area (Å²) in [5.74, 6) is 0.946. The van der Waals surface area contributed by atoms with Gasteiger partial charge in [0.2, 0.25) is 5.91 Å². The van der Waals surface area contributed by atoms with Crippen LogP contribution < -0.4 is 10.1 Å². The van der Waals surface area contributed by atoms with Crippen LogP contribution in [0.5, 0.6) is 5.75 Å². The van der Waals surface area contributed by atoms with Gasteiger partial charge < -0.3 is 19.9 Å². The summed E-state index contributed by atoms with van der Waals surface area (Å²) in [7, 11) is 0. The summed E-state index contributed by atoms with van der Waals surface area (Å²) in [6, 6.07) is 30.5. The van der Waals surface area contributed by atoms with Crippen molar-refractivity contribution in [2.75, 3.05) is 26.2 Å². The molecular formula is C45H49N3O3. The van der Waals surface area contributed by atoms with Gasteiger partial charge in [-0.15, -0.1) is 0 Å². The van der Waals surface area contributed by atoms with Gasteiger partial charge in [-0.1, -0.05) is 98.9 Å². The van der Waals surface area contributed by atoms with Crippen LogP contribution in [-0.2, 0) is 24.1 Å². The molecule has 1 N–H and O–H groups in total. The zero-order chi connectivity index (χ0) is 35.9. The Morgan fingerprint density at radius 2 is 1.69 bits per heavy atom.